The number of rotatable bonds is 4. The van der Waals surface area contributed by atoms with Crippen molar-refractivity contribution in [3.05, 3.63) is 0 Å². The fourth-order valence-corrected chi connectivity index (χ4v) is 2.71. The van der Waals surface area contributed by atoms with Gasteiger partial charge < -0.3 is 14.9 Å². The van der Waals surface area contributed by atoms with E-state index in [-0.39, 0.29) is 18.5 Å². The fourth-order valence-electron chi connectivity index (χ4n) is 2.71. The predicted molar refractivity (Wildman–Crippen MR) is 71.2 cm³/mol. The SMILES string of the molecule is CN(C)CC1CCCC(CN(C)C)C1O.Cl. The van der Waals surface area contributed by atoms with Gasteiger partial charge >= 0.3 is 0 Å². The maximum atomic E-state index is 10.3. The average Bonchev–Trinajstić information content (AvgIpc) is 2.10. The van der Waals surface area contributed by atoms with Gasteiger partial charge in [-0.15, -0.1) is 12.4 Å². The molecule has 1 rings (SSSR count). The Balaban J connectivity index is 0.00000225. The third kappa shape index (κ3) is 5.00. The molecule has 0 radical (unpaired) electrons. The highest BCUT2D eigenvalue weighted by molar-refractivity contribution is 5.85. The second-order valence-electron chi connectivity index (χ2n) is 5.47. The van der Waals surface area contributed by atoms with E-state index in [4.69, 9.17) is 0 Å². The molecule has 0 saturated heterocycles. The van der Waals surface area contributed by atoms with Gasteiger partial charge in [0.15, 0.2) is 0 Å². The number of hydrogen-bond acceptors (Lipinski definition) is 3. The molecule has 0 bridgehead atoms. The van der Waals surface area contributed by atoms with E-state index in [1.807, 2.05) is 0 Å². The van der Waals surface area contributed by atoms with E-state index in [1.54, 1.807) is 0 Å². The summed E-state index contributed by atoms with van der Waals surface area (Å²) in [5.74, 6) is 0.942. The third-order valence-electron chi connectivity index (χ3n) is 3.32. The van der Waals surface area contributed by atoms with Crippen molar-refractivity contribution < 1.29 is 5.11 Å². The highest BCUT2D eigenvalue weighted by Gasteiger charge is 2.31. The van der Waals surface area contributed by atoms with Crippen LogP contribution in [-0.4, -0.2) is 62.3 Å². The van der Waals surface area contributed by atoms with Crippen molar-refractivity contribution >= 4 is 12.4 Å². The van der Waals surface area contributed by atoms with E-state index in [9.17, 15) is 5.11 Å². The van der Waals surface area contributed by atoms with Crippen molar-refractivity contribution in [2.75, 3.05) is 41.3 Å². The first-order valence-corrected chi connectivity index (χ1v) is 5.98. The lowest BCUT2D eigenvalue weighted by atomic mass is 9.78. The molecule has 3 nitrogen and oxygen atoms in total. The van der Waals surface area contributed by atoms with Crippen molar-refractivity contribution in [2.24, 2.45) is 11.8 Å². The first-order chi connectivity index (χ1) is 7.00. The smallest absolute Gasteiger partial charge is 0.0620 e. The van der Waals surface area contributed by atoms with Gasteiger partial charge in [0.1, 0.15) is 0 Å². The van der Waals surface area contributed by atoms with Gasteiger partial charge in [0.25, 0.3) is 0 Å². The molecule has 1 N–H and O–H groups in total. The van der Waals surface area contributed by atoms with Crippen molar-refractivity contribution in [2.45, 2.75) is 25.4 Å². The van der Waals surface area contributed by atoms with E-state index in [2.05, 4.69) is 38.0 Å². The molecule has 0 aliphatic heterocycles. The monoisotopic (exact) mass is 250 g/mol. The summed E-state index contributed by atoms with van der Waals surface area (Å²) in [6, 6.07) is 0. The maximum Gasteiger partial charge on any atom is 0.0620 e. The van der Waals surface area contributed by atoms with Gasteiger partial charge in [-0.1, -0.05) is 6.42 Å². The summed E-state index contributed by atoms with van der Waals surface area (Å²) in [5.41, 5.74) is 0. The van der Waals surface area contributed by atoms with Crippen LogP contribution in [0.5, 0.6) is 0 Å². The van der Waals surface area contributed by atoms with Crippen molar-refractivity contribution in [3.63, 3.8) is 0 Å². The van der Waals surface area contributed by atoms with Gasteiger partial charge in [-0.25, -0.2) is 0 Å². The van der Waals surface area contributed by atoms with Crippen LogP contribution in [0.15, 0.2) is 0 Å². The summed E-state index contributed by atoms with van der Waals surface area (Å²) in [7, 11) is 8.34. The summed E-state index contributed by atoms with van der Waals surface area (Å²) in [5, 5.41) is 10.3. The molecule has 0 spiro atoms. The Morgan fingerprint density at radius 3 is 1.62 bits per heavy atom. The van der Waals surface area contributed by atoms with Crippen LogP contribution in [0.1, 0.15) is 19.3 Å². The third-order valence-corrected chi connectivity index (χ3v) is 3.32. The molecule has 0 aromatic heterocycles. The summed E-state index contributed by atoms with van der Waals surface area (Å²) >= 11 is 0. The first-order valence-electron chi connectivity index (χ1n) is 5.98. The second kappa shape index (κ2) is 7.49. The van der Waals surface area contributed by atoms with Gasteiger partial charge in [-0.05, 0) is 52.9 Å². The molecule has 1 aliphatic carbocycles. The van der Waals surface area contributed by atoms with E-state index in [0.717, 1.165) is 13.1 Å². The van der Waals surface area contributed by atoms with E-state index < -0.39 is 0 Å². The van der Waals surface area contributed by atoms with Crippen LogP contribution in [0.25, 0.3) is 0 Å². The molecule has 4 heteroatoms. The minimum Gasteiger partial charge on any atom is -0.392 e. The molecule has 0 heterocycles. The number of aliphatic hydroxyl groups is 1. The molecular formula is C12H27ClN2O. The average molecular weight is 251 g/mol. The zero-order chi connectivity index (χ0) is 11.4. The molecule has 0 aromatic rings. The largest absolute Gasteiger partial charge is 0.392 e. The van der Waals surface area contributed by atoms with Crippen molar-refractivity contribution in [3.8, 4) is 0 Å². The van der Waals surface area contributed by atoms with Gasteiger partial charge in [0.2, 0.25) is 0 Å². The Morgan fingerprint density at radius 2 is 1.31 bits per heavy atom. The fraction of sp³-hybridized carbons (Fsp3) is 1.00. The van der Waals surface area contributed by atoms with Crippen LogP contribution in [0.3, 0.4) is 0 Å². The Kier molecular flexibility index (Phi) is 7.57. The Morgan fingerprint density at radius 1 is 0.938 bits per heavy atom. The lowest BCUT2D eigenvalue weighted by Crippen LogP contribution is -2.42. The van der Waals surface area contributed by atoms with Crippen LogP contribution in [-0.2, 0) is 0 Å². The molecule has 98 valence electrons. The maximum absolute atomic E-state index is 10.3. The number of hydrogen-bond donors (Lipinski definition) is 1. The number of aliphatic hydroxyl groups excluding tert-OH is 1. The van der Waals surface area contributed by atoms with Crippen molar-refractivity contribution in [1.29, 1.82) is 0 Å². The first kappa shape index (κ1) is 16.2. The normalized spacial score (nSPS) is 30.6. The summed E-state index contributed by atoms with van der Waals surface area (Å²) in [6.07, 6.45) is 3.53. The van der Waals surface area contributed by atoms with Gasteiger partial charge in [0.05, 0.1) is 6.10 Å². The molecule has 2 unspecified atom stereocenters. The quantitative estimate of drug-likeness (QED) is 0.815. The number of halogens is 1. The van der Waals surface area contributed by atoms with E-state index >= 15 is 0 Å². The standard InChI is InChI=1S/C12H26N2O.ClH/c1-13(2)8-10-6-5-7-11(12(10)15)9-14(3)4;/h10-12,15H,5-9H2,1-4H3;1H. The zero-order valence-electron chi connectivity index (χ0n) is 11.0. The number of nitrogens with zero attached hydrogens (tertiary/aromatic N) is 2. The van der Waals surface area contributed by atoms with Crippen molar-refractivity contribution in [1.82, 2.24) is 9.80 Å². The summed E-state index contributed by atoms with van der Waals surface area (Å²) in [6.45, 7) is 2.04. The van der Waals surface area contributed by atoms with E-state index in [1.165, 1.54) is 19.3 Å². The molecule has 1 aliphatic rings. The lowest BCUT2D eigenvalue weighted by molar-refractivity contribution is -0.00167. The zero-order valence-corrected chi connectivity index (χ0v) is 11.8. The summed E-state index contributed by atoms with van der Waals surface area (Å²) in [4.78, 5) is 4.37. The van der Waals surface area contributed by atoms with Crippen LogP contribution in [0.4, 0.5) is 0 Å². The second-order valence-corrected chi connectivity index (χ2v) is 5.47. The highest BCUT2D eigenvalue weighted by atomic mass is 35.5. The molecular weight excluding hydrogens is 224 g/mol. The molecule has 0 amide bonds. The van der Waals surface area contributed by atoms with E-state index in [0.29, 0.717) is 11.8 Å². The molecule has 0 aromatic carbocycles. The van der Waals surface area contributed by atoms with Crippen LogP contribution in [0.2, 0.25) is 0 Å². The minimum atomic E-state index is -0.108. The lowest BCUT2D eigenvalue weighted by Gasteiger charge is -2.37. The Bertz CT molecular complexity index is 170. The molecule has 2 atom stereocenters. The van der Waals surface area contributed by atoms with Gasteiger partial charge in [0, 0.05) is 13.1 Å². The predicted octanol–water partition coefficient (Wildman–Crippen LogP) is 1.31. The Labute approximate surface area is 106 Å². The van der Waals surface area contributed by atoms with Crippen LogP contribution in [0, 0.1) is 11.8 Å². The van der Waals surface area contributed by atoms with Gasteiger partial charge in [-0.2, -0.15) is 0 Å². The summed E-state index contributed by atoms with van der Waals surface area (Å²) < 4.78 is 0. The molecule has 1 saturated carbocycles. The molecule has 1 fully saturated rings. The Hall–Kier alpha value is 0.170. The molecule has 16 heavy (non-hydrogen) atoms. The van der Waals surface area contributed by atoms with Gasteiger partial charge in [-0.3, -0.25) is 0 Å². The highest BCUT2D eigenvalue weighted by Crippen LogP contribution is 2.30. The van der Waals surface area contributed by atoms with Crippen LogP contribution >= 0.6 is 12.4 Å². The topological polar surface area (TPSA) is 26.7 Å². The van der Waals surface area contributed by atoms with Crippen LogP contribution < -0.4 is 0 Å². The minimum absolute atomic E-state index is 0.